The zero-order valence-corrected chi connectivity index (χ0v) is 18.6. The molecule has 1 radical (unpaired) electrons. The first-order chi connectivity index (χ1) is 10.3. The van der Waals surface area contributed by atoms with E-state index in [0.29, 0.717) is 5.92 Å². The molecule has 0 bridgehead atoms. The third-order valence-electron chi connectivity index (χ3n) is 4.46. The topological polar surface area (TPSA) is 40.9 Å². The molecule has 0 aromatic carbocycles. The Kier molecular flexibility index (Phi) is 15.6. The molecule has 4 heteroatoms. The second-order valence-electron chi connectivity index (χ2n) is 6.43. The minimum absolute atomic E-state index is 0. The first-order valence-corrected chi connectivity index (χ1v) is 10.9. The summed E-state index contributed by atoms with van der Waals surface area (Å²) in [4.78, 5) is 10.6. The maximum Gasteiger partial charge on any atom is 2.00 e. The monoisotopic (exact) mass is 368 g/mol. The van der Waals surface area contributed by atoms with E-state index in [1.54, 1.807) is 0 Å². The van der Waals surface area contributed by atoms with Crippen LogP contribution in [0.15, 0.2) is 16.7 Å². The molecule has 0 aliphatic heterocycles. The van der Waals surface area contributed by atoms with Gasteiger partial charge in [-0.25, -0.2) is 5.57 Å². The molecular weight excluding hydrogens is 334 g/mol. The largest absolute Gasteiger partial charge is 2.00 e. The number of amides is 1. The van der Waals surface area contributed by atoms with E-state index < -0.39 is 0 Å². The predicted molar refractivity (Wildman–Crippen MR) is 99.4 cm³/mol. The Balaban J connectivity index is 0. The van der Waals surface area contributed by atoms with Gasteiger partial charge >= 0.3 is 21.7 Å². The Bertz CT molecular complexity index is 396. The Morgan fingerprint density at radius 2 is 1.52 bits per heavy atom. The molecule has 2 rings (SSSR count). The first kappa shape index (κ1) is 25.1. The van der Waals surface area contributed by atoms with Crippen molar-refractivity contribution in [3.8, 4) is 0 Å². The van der Waals surface area contributed by atoms with Crippen molar-refractivity contribution in [1.82, 2.24) is 0 Å². The van der Waals surface area contributed by atoms with Crippen LogP contribution in [0.3, 0.4) is 0 Å². The molecule has 1 amide bonds. The minimum atomic E-state index is -0.345. The van der Waals surface area contributed by atoms with Crippen LogP contribution in [0, 0.1) is 17.9 Å². The Hall–Kier alpha value is -0.119. The van der Waals surface area contributed by atoms with Gasteiger partial charge in [-0.3, -0.25) is 6.08 Å². The molecule has 0 spiro atoms. The van der Waals surface area contributed by atoms with Crippen molar-refractivity contribution in [3.05, 3.63) is 28.5 Å². The quantitative estimate of drug-likeness (QED) is 0.329. The van der Waals surface area contributed by atoms with Crippen LogP contribution in [0.4, 0.5) is 0 Å². The van der Waals surface area contributed by atoms with E-state index >= 15 is 0 Å². The zero-order chi connectivity index (χ0) is 17.1. The smallest absolute Gasteiger partial charge is 0.668 e. The van der Waals surface area contributed by atoms with E-state index in [-0.39, 0.29) is 33.5 Å². The number of carbonyl (C=O) groups is 1. The number of hydrogen-bond donors (Lipinski definition) is 0. The fraction of sp³-hybridized carbons (Fsp3) is 0.737. The molecule has 0 saturated heterocycles. The van der Waals surface area contributed by atoms with Crippen molar-refractivity contribution < 1.29 is 26.5 Å². The Morgan fingerprint density at radius 1 is 1.09 bits per heavy atom. The molecule has 2 aliphatic carbocycles. The van der Waals surface area contributed by atoms with E-state index in [4.69, 9.17) is 5.73 Å². The van der Waals surface area contributed by atoms with E-state index in [1.807, 2.05) is 0 Å². The van der Waals surface area contributed by atoms with E-state index in [2.05, 4.69) is 46.9 Å². The Morgan fingerprint density at radius 3 is 1.74 bits per heavy atom. The standard InChI is InChI=1S/C9H13.C8H15NO.C2H7Si.Ti/c1-6-5-7(2)9(4)8(6)3;9-8(10)7-5-3-1-2-4-6-7;1-3-2;/h6H,1-4H3;7H,1-6H2,(H2,9,10);3H,1-2H3;/q-1;;;+2/p-1. The summed E-state index contributed by atoms with van der Waals surface area (Å²) in [6.45, 7) is 13.1. The van der Waals surface area contributed by atoms with Crippen LogP contribution >= 0.6 is 0 Å². The molecule has 2 nitrogen and oxygen atoms in total. The van der Waals surface area contributed by atoms with Crippen LogP contribution in [0.25, 0.3) is 5.73 Å². The molecule has 1 saturated carbocycles. The molecule has 0 heterocycles. The van der Waals surface area contributed by atoms with Gasteiger partial charge < -0.3 is 10.5 Å². The van der Waals surface area contributed by atoms with Crippen LogP contribution in [0.2, 0.25) is 13.1 Å². The van der Waals surface area contributed by atoms with Gasteiger partial charge in [0.05, 0.1) is 5.91 Å². The average molecular weight is 368 g/mol. The van der Waals surface area contributed by atoms with Crippen molar-refractivity contribution in [2.24, 2.45) is 11.8 Å². The van der Waals surface area contributed by atoms with Gasteiger partial charge in [0.15, 0.2) is 0 Å². The molecule has 1 atom stereocenters. The van der Waals surface area contributed by atoms with Crippen molar-refractivity contribution >= 4 is 15.4 Å². The number of carbonyl (C=O) groups excluding carboxylic acids is 1. The third kappa shape index (κ3) is 10.4. The van der Waals surface area contributed by atoms with Crippen LogP contribution in [-0.2, 0) is 26.5 Å². The molecule has 2 aliphatic rings. The van der Waals surface area contributed by atoms with E-state index in [0.717, 1.165) is 35.2 Å². The molecular formula is C19H34NOSiTi. The molecule has 1 N–H and O–H groups in total. The van der Waals surface area contributed by atoms with Crippen LogP contribution in [-0.4, -0.2) is 15.4 Å². The summed E-state index contributed by atoms with van der Waals surface area (Å²) in [5, 5.41) is 0. The van der Waals surface area contributed by atoms with Gasteiger partial charge in [-0.15, -0.1) is 6.92 Å². The van der Waals surface area contributed by atoms with Gasteiger partial charge in [0.1, 0.15) is 0 Å². The SMILES string of the molecule is CC1=[C-]C(C)C(C)=C1C.C[SiH]C.[NH-]C(=O)C1CCCCCC1.[Ti+2]. The molecule has 0 aromatic heterocycles. The molecule has 129 valence electrons. The van der Waals surface area contributed by atoms with Crippen molar-refractivity contribution in [2.45, 2.75) is 79.3 Å². The predicted octanol–water partition coefficient (Wildman–Crippen LogP) is 5.77. The number of nitrogens with one attached hydrogen (secondary N) is 1. The summed E-state index contributed by atoms with van der Waals surface area (Å²) in [6, 6.07) is 0. The second kappa shape index (κ2) is 14.2. The fourth-order valence-corrected chi connectivity index (χ4v) is 2.70. The second-order valence-corrected chi connectivity index (χ2v) is 7.58. The number of hydrogen-bond acceptors (Lipinski definition) is 1. The van der Waals surface area contributed by atoms with Crippen molar-refractivity contribution in [2.75, 3.05) is 0 Å². The normalized spacial score (nSPS) is 21.0. The number of rotatable bonds is 1. The van der Waals surface area contributed by atoms with Gasteiger partial charge in [-0.05, 0) is 12.8 Å². The van der Waals surface area contributed by atoms with Gasteiger partial charge in [0.25, 0.3) is 0 Å². The number of allylic oxidation sites excluding steroid dienone is 4. The Labute approximate surface area is 161 Å². The summed E-state index contributed by atoms with van der Waals surface area (Å²) < 4.78 is 0. The maximum atomic E-state index is 10.6. The van der Waals surface area contributed by atoms with Gasteiger partial charge in [0, 0.05) is 15.4 Å². The fourth-order valence-electron chi connectivity index (χ4n) is 2.70. The zero-order valence-electron chi connectivity index (χ0n) is 15.9. The van der Waals surface area contributed by atoms with E-state index in [9.17, 15) is 4.79 Å². The molecule has 1 fully saturated rings. The summed E-state index contributed by atoms with van der Waals surface area (Å²) in [7, 11) is 0.750. The molecule has 23 heavy (non-hydrogen) atoms. The van der Waals surface area contributed by atoms with Gasteiger partial charge in [-0.2, -0.15) is 11.1 Å². The van der Waals surface area contributed by atoms with Crippen LogP contribution in [0.1, 0.15) is 66.2 Å². The summed E-state index contributed by atoms with van der Waals surface area (Å²) in [6.07, 6.45) is 10.1. The maximum absolute atomic E-state index is 10.6. The van der Waals surface area contributed by atoms with Crippen molar-refractivity contribution in [1.29, 1.82) is 0 Å². The van der Waals surface area contributed by atoms with E-state index in [1.165, 1.54) is 29.6 Å². The van der Waals surface area contributed by atoms with Gasteiger partial charge in [0.2, 0.25) is 0 Å². The third-order valence-corrected chi connectivity index (χ3v) is 4.46. The van der Waals surface area contributed by atoms with Crippen LogP contribution < -0.4 is 0 Å². The minimum Gasteiger partial charge on any atom is -0.668 e. The average Bonchev–Trinajstić information content (AvgIpc) is 2.72. The molecule has 0 aromatic rings. The first-order valence-electron chi connectivity index (χ1n) is 8.62. The summed E-state index contributed by atoms with van der Waals surface area (Å²) in [5.41, 5.74) is 11.2. The molecule has 1 unspecified atom stereocenters. The van der Waals surface area contributed by atoms with Crippen LogP contribution in [0.5, 0.6) is 0 Å². The summed E-state index contributed by atoms with van der Waals surface area (Å²) >= 11 is 0. The summed E-state index contributed by atoms with van der Waals surface area (Å²) in [5.74, 6) is 0.286. The van der Waals surface area contributed by atoms with Gasteiger partial charge in [-0.1, -0.05) is 65.5 Å². The van der Waals surface area contributed by atoms with Crippen molar-refractivity contribution in [3.63, 3.8) is 0 Å².